The van der Waals surface area contributed by atoms with Crippen LogP contribution in [0.3, 0.4) is 0 Å². The molecule has 0 bridgehead atoms. The number of carbonyl (C=O) groups is 1. The van der Waals surface area contributed by atoms with Crippen LogP contribution in [0.2, 0.25) is 0 Å². The predicted octanol–water partition coefficient (Wildman–Crippen LogP) is 3.50. The molecule has 1 aliphatic heterocycles. The zero-order valence-corrected chi connectivity index (χ0v) is 18.4. The first kappa shape index (κ1) is 22.2. The number of hydrogen-bond acceptors (Lipinski definition) is 5. The summed E-state index contributed by atoms with van der Waals surface area (Å²) in [4.78, 5) is 19.0. The molecular weight excluding hydrogens is 400 g/mol. The summed E-state index contributed by atoms with van der Waals surface area (Å²) in [5, 5.41) is 2.76. The van der Waals surface area contributed by atoms with E-state index in [0.29, 0.717) is 11.6 Å². The standard InChI is InChI=1S/C22H30N4O3S/c1-17(2)18-6-9-20(10-7-18)30(28,29)24-13-12-22(27)25-19-8-11-21(23-16-19)26-14-4-3-5-15-26/h6-11,16-17,24H,3-5,12-15H2,1-2H3,(H,25,27). The fraction of sp³-hybridized carbons (Fsp3) is 0.455. The van der Waals surface area contributed by atoms with Crippen LogP contribution in [-0.4, -0.2) is 38.9 Å². The van der Waals surface area contributed by atoms with Crippen molar-refractivity contribution in [2.24, 2.45) is 0 Å². The van der Waals surface area contributed by atoms with Crippen LogP contribution >= 0.6 is 0 Å². The van der Waals surface area contributed by atoms with Crippen molar-refractivity contribution in [3.8, 4) is 0 Å². The third-order valence-corrected chi connectivity index (χ3v) is 6.69. The molecule has 1 saturated heterocycles. The average Bonchev–Trinajstić information content (AvgIpc) is 2.75. The first-order chi connectivity index (χ1) is 14.3. The van der Waals surface area contributed by atoms with Crippen molar-refractivity contribution in [1.82, 2.24) is 9.71 Å². The number of pyridine rings is 1. The van der Waals surface area contributed by atoms with Gasteiger partial charge in [-0.2, -0.15) is 0 Å². The van der Waals surface area contributed by atoms with Crippen LogP contribution in [0.4, 0.5) is 11.5 Å². The quantitative estimate of drug-likeness (QED) is 0.669. The van der Waals surface area contributed by atoms with E-state index in [2.05, 4.69) is 33.8 Å². The Kier molecular flexibility index (Phi) is 7.44. The Morgan fingerprint density at radius 3 is 2.37 bits per heavy atom. The van der Waals surface area contributed by atoms with Gasteiger partial charge in [0, 0.05) is 26.1 Å². The molecule has 30 heavy (non-hydrogen) atoms. The number of aromatic nitrogens is 1. The molecule has 2 heterocycles. The number of nitrogens with zero attached hydrogens (tertiary/aromatic N) is 2. The maximum absolute atomic E-state index is 12.4. The molecule has 0 radical (unpaired) electrons. The molecule has 8 heteroatoms. The van der Waals surface area contributed by atoms with Crippen molar-refractivity contribution in [2.45, 2.75) is 50.3 Å². The van der Waals surface area contributed by atoms with Gasteiger partial charge in [-0.1, -0.05) is 26.0 Å². The van der Waals surface area contributed by atoms with Gasteiger partial charge in [-0.25, -0.2) is 18.1 Å². The minimum atomic E-state index is -3.64. The van der Waals surface area contributed by atoms with Gasteiger partial charge in [0.2, 0.25) is 15.9 Å². The second-order valence-electron chi connectivity index (χ2n) is 7.87. The van der Waals surface area contributed by atoms with Gasteiger partial charge in [0.15, 0.2) is 0 Å². The van der Waals surface area contributed by atoms with Crippen LogP contribution in [0.5, 0.6) is 0 Å². The molecule has 0 spiro atoms. The van der Waals surface area contributed by atoms with Crippen molar-refractivity contribution >= 4 is 27.4 Å². The van der Waals surface area contributed by atoms with E-state index in [0.717, 1.165) is 24.5 Å². The fourth-order valence-electron chi connectivity index (χ4n) is 3.41. The van der Waals surface area contributed by atoms with Crippen molar-refractivity contribution < 1.29 is 13.2 Å². The minimum Gasteiger partial charge on any atom is -0.357 e. The number of sulfonamides is 1. The molecular formula is C22H30N4O3S. The molecule has 0 atom stereocenters. The number of benzene rings is 1. The molecule has 7 nitrogen and oxygen atoms in total. The van der Waals surface area contributed by atoms with Crippen LogP contribution in [0.1, 0.15) is 51.0 Å². The van der Waals surface area contributed by atoms with Gasteiger partial charge in [0.1, 0.15) is 5.82 Å². The summed E-state index contributed by atoms with van der Waals surface area (Å²) in [5.41, 5.74) is 1.68. The zero-order valence-electron chi connectivity index (χ0n) is 17.6. The van der Waals surface area contributed by atoms with E-state index in [1.807, 2.05) is 24.3 Å². The van der Waals surface area contributed by atoms with Crippen LogP contribution in [0.25, 0.3) is 0 Å². The van der Waals surface area contributed by atoms with E-state index in [4.69, 9.17) is 0 Å². The Balaban J connectivity index is 1.47. The van der Waals surface area contributed by atoms with Gasteiger partial charge in [-0.05, 0) is 55.0 Å². The molecule has 1 amide bonds. The van der Waals surface area contributed by atoms with E-state index in [9.17, 15) is 13.2 Å². The highest BCUT2D eigenvalue weighted by molar-refractivity contribution is 7.89. The third-order valence-electron chi connectivity index (χ3n) is 5.21. The molecule has 1 aromatic carbocycles. The highest BCUT2D eigenvalue weighted by Crippen LogP contribution is 2.19. The third kappa shape index (κ3) is 6.03. The number of anilines is 2. The van der Waals surface area contributed by atoms with Gasteiger partial charge in [0.05, 0.1) is 16.8 Å². The Morgan fingerprint density at radius 2 is 1.77 bits per heavy atom. The Bertz CT molecular complexity index is 935. The maximum atomic E-state index is 12.4. The summed E-state index contributed by atoms with van der Waals surface area (Å²) >= 11 is 0. The van der Waals surface area contributed by atoms with E-state index >= 15 is 0 Å². The monoisotopic (exact) mass is 430 g/mol. The lowest BCUT2D eigenvalue weighted by molar-refractivity contribution is -0.116. The highest BCUT2D eigenvalue weighted by Gasteiger charge is 2.15. The number of rotatable bonds is 8. The normalized spacial score (nSPS) is 14.7. The van der Waals surface area contributed by atoms with E-state index < -0.39 is 10.0 Å². The van der Waals surface area contributed by atoms with Crippen molar-refractivity contribution in [1.29, 1.82) is 0 Å². The Hall–Kier alpha value is -2.45. The van der Waals surface area contributed by atoms with E-state index in [1.165, 1.54) is 19.3 Å². The van der Waals surface area contributed by atoms with Crippen molar-refractivity contribution in [3.05, 3.63) is 48.2 Å². The Labute approximate surface area is 178 Å². The molecule has 1 aliphatic rings. The number of nitrogens with one attached hydrogen (secondary N) is 2. The largest absolute Gasteiger partial charge is 0.357 e. The molecule has 0 aliphatic carbocycles. The topological polar surface area (TPSA) is 91.4 Å². The second-order valence-corrected chi connectivity index (χ2v) is 9.64. The lowest BCUT2D eigenvalue weighted by Gasteiger charge is -2.27. The Morgan fingerprint density at radius 1 is 1.07 bits per heavy atom. The van der Waals surface area contributed by atoms with Crippen molar-refractivity contribution in [3.63, 3.8) is 0 Å². The summed E-state index contributed by atoms with van der Waals surface area (Å²) in [7, 11) is -3.64. The van der Waals surface area contributed by atoms with Crippen LogP contribution in [0.15, 0.2) is 47.5 Å². The summed E-state index contributed by atoms with van der Waals surface area (Å²) in [5.74, 6) is 0.992. The van der Waals surface area contributed by atoms with Crippen molar-refractivity contribution in [2.75, 3.05) is 29.9 Å². The van der Waals surface area contributed by atoms with E-state index in [1.54, 1.807) is 18.3 Å². The first-order valence-electron chi connectivity index (χ1n) is 10.5. The molecule has 3 rings (SSSR count). The zero-order chi connectivity index (χ0) is 21.6. The molecule has 2 aromatic rings. The summed E-state index contributed by atoms with van der Waals surface area (Å²) in [6.45, 7) is 6.16. The lowest BCUT2D eigenvalue weighted by Crippen LogP contribution is -2.30. The van der Waals surface area contributed by atoms with Gasteiger partial charge < -0.3 is 10.2 Å². The van der Waals surface area contributed by atoms with Crippen LogP contribution < -0.4 is 14.9 Å². The number of carbonyl (C=O) groups excluding carboxylic acids is 1. The minimum absolute atomic E-state index is 0.0272. The van der Waals surface area contributed by atoms with Gasteiger partial charge in [-0.15, -0.1) is 0 Å². The van der Waals surface area contributed by atoms with E-state index in [-0.39, 0.29) is 23.8 Å². The lowest BCUT2D eigenvalue weighted by atomic mass is 10.0. The SMILES string of the molecule is CC(C)c1ccc(S(=O)(=O)NCCC(=O)Nc2ccc(N3CCCCC3)nc2)cc1. The molecule has 2 N–H and O–H groups in total. The molecule has 1 aromatic heterocycles. The average molecular weight is 431 g/mol. The summed E-state index contributed by atoms with van der Waals surface area (Å²) < 4.78 is 27.2. The number of piperidine rings is 1. The summed E-state index contributed by atoms with van der Waals surface area (Å²) in [6, 6.07) is 10.5. The summed E-state index contributed by atoms with van der Waals surface area (Å²) in [6.07, 6.45) is 5.30. The second kappa shape index (κ2) is 10.0. The molecule has 0 saturated carbocycles. The van der Waals surface area contributed by atoms with Gasteiger partial charge >= 0.3 is 0 Å². The first-order valence-corrected chi connectivity index (χ1v) is 11.9. The molecule has 1 fully saturated rings. The van der Waals surface area contributed by atoms with Crippen LogP contribution in [-0.2, 0) is 14.8 Å². The molecule has 162 valence electrons. The molecule has 0 unspecified atom stereocenters. The van der Waals surface area contributed by atoms with Gasteiger partial charge in [0.25, 0.3) is 0 Å². The highest BCUT2D eigenvalue weighted by atomic mass is 32.2. The van der Waals surface area contributed by atoms with Gasteiger partial charge in [-0.3, -0.25) is 4.79 Å². The number of hydrogen-bond donors (Lipinski definition) is 2. The fourth-order valence-corrected chi connectivity index (χ4v) is 4.44. The van der Waals surface area contributed by atoms with Crippen LogP contribution in [0, 0.1) is 0 Å². The maximum Gasteiger partial charge on any atom is 0.240 e. The smallest absolute Gasteiger partial charge is 0.240 e. The number of amides is 1. The predicted molar refractivity (Wildman–Crippen MR) is 119 cm³/mol.